The third-order valence-corrected chi connectivity index (χ3v) is 4.50. The molecule has 1 unspecified atom stereocenters. The number of hydrogen-bond acceptors (Lipinski definition) is 5. The van der Waals surface area contributed by atoms with Crippen LogP contribution in [0.1, 0.15) is 55.3 Å². The Hall–Kier alpha value is -3.74. The second kappa shape index (κ2) is 6.53. The zero-order valence-electron chi connectivity index (χ0n) is 14.4. The van der Waals surface area contributed by atoms with Gasteiger partial charge >= 0.3 is 5.97 Å². The van der Waals surface area contributed by atoms with Crippen LogP contribution in [0, 0.1) is 0 Å². The minimum Gasteiger partial charge on any atom is -0.322 e. The van der Waals surface area contributed by atoms with Gasteiger partial charge in [-0.1, -0.05) is 54.5 Å². The van der Waals surface area contributed by atoms with E-state index in [1.807, 2.05) is 37.3 Å². The SMILES string of the molecule is CC(c1ccccc1)c1cc(C(=O)ON2C(=O)c3ccccc3C2=O)n[nH]1. The van der Waals surface area contributed by atoms with E-state index in [2.05, 4.69) is 10.2 Å². The monoisotopic (exact) mass is 361 g/mol. The maximum Gasteiger partial charge on any atom is 0.384 e. The summed E-state index contributed by atoms with van der Waals surface area (Å²) in [6.07, 6.45) is 0. The largest absolute Gasteiger partial charge is 0.384 e. The van der Waals surface area contributed by atoms with Crippen molar-refractivity contribution in [2.24, 2.45) is 0 Å². The first-order valence-electron chi connectivity index (χ1n) is 8.36. The Balaban J connectivity index is 1.51. The molecule has 1 atom stereocenters. The average molecular weight is 361 g/mol. The van der Waals surface area contributed by atoms with Gasteiger partial charge < -0.3 is 4.84 Å². The first-order chi connectivity index (χ1) is 13.1. The molecule has 1 N–H and O–H groups in total. The number of imide groups is 1. The summed E-state index contributed by atoms with van der Waals surface area (Å²) in [7, 11) is 0. The number of fused-ring (bicyclic) bond motifs is 1. The molecule has 2 amide bonds. The average Bonchev–Trinajstić information content (AvgIpc) is 3.29. The van der Waals surface area contributed by atoms with Gasteiger partial charge in [-0.2, -0.15) is 5.10 Å². The Morgan fingerprint density at radius 1 is 1.00 bits per heavy atom. The van der Waals surface area contributed by atoms with Gasteiger partial charge in [-0.25, -0.2) is 4.79 Å². The highest BCUT2D eigenvalue weighted by molar-refractivity contribution is 6.21. The van der Waals surface area contributed by atoms with E-state index in [1.165, 1.54) is 12.1 Å². The van der Waals surface area contributed by atoms with E-state index in [-0.39, 0.29) is 22.7 Å². The van der Waals surface area contributed by atoms with Gasteiger partial charge in [-0.3, -0.25) is 14.7 Å². The lowest BCUT2D eigenvalue weighted by Crippen LogP contribution is -2.32. The molecular weight excluding hydrogens is 346 g/mol. The van der Waals surface area contributed by atoms with Crippen LogP contribution >= 0.6 is 0 Å². The van der Waals surface area contributed by atoms with E-state index >= 15 is 0 Å². The fraction of sp³-hybridized carbons (Fsp3) is 0.100. The molecule has 27 heavy (non-hydrogen) atoms. The van der Waals surface area contributed by atoms with Crippen LogP contribution in [-0.4, -0.2) is 33.0 Å². The van der Waals surface area contributed by atoms with Crippen molar-refractivity contribution in [3.05, 3.63) is 88.7 Å². The fourth-order valence-electron chi connectivity index (χ4n) is 2.96. The highest BCUT2D eigenvalue weighted by Crippen LogP contribution is 2.25. The predicted octanol–water partition coefficient (Wildman–Crippen LogP) is 2.93. The number of benzene rings is 2. The van der Waals surface area contributed by atoms with Gasteiger partial charge in [0.1, 0.15) is 0 Å². The van der Waals surface area contributed by atoms with Crippen LogP contribution in [0.25, 0.3) is 0 Å². The number of aromatic nitrogens is 2. The molecule has 3 aromatic rings. The highest BCUT2D eigenvalue weighted by Gasteiger charge is 2.39. The molecule has 0 fully saturated rings. The maximum atomic E-state index is 12.4. The Kier molecular flexibility index (Phi) is 4.04. The number of amides is 2. The normalized spacial score (nSPS) is 14.2. The second-order valence-corrected chi connectivity index (χ2v) is 6.17. The van der Waals surface area contributed by atoms with E-state index in [0.717, 1.165) is 11.3 Å². The van der Waals surface area contributed by atoms with Gasteiger partial charge in [0.15, 0.2) is 5.69 Å². The third-order valence-electron chi connectivity index (χ3n) is 4.50. The Morgan fingerprint density at radius 3 is 2.22 bits per heavy atom. The Morgan fingerprint density at radius 2 is 1.59 bits per heavy atom. The number of carbonyl (C=O) groups is 3. The summed E-state index contributed by atoms with van der Waals surface area (Å²) in [5, 5.41) is 7.24. The summed E-state index contributed by atoms with van der Waals surface area (Å²) < 4.78 is 0. The summed E-state index contributed by atoms with van der Waals surface area (Å²) in [5.74, 6) is -2.23. The first-order valence-corrected chi connectivity index (χ1v) is 8.36. The lowest BCUT2D eigenvalue weighted by molar-refractivity contribution is -0.0588. The molecule has 7 nitrogen and oxygen atoms in total. The lowest BCUT2D eigenvalue weighted by Gasteiger charge is -2.11. The molecule has 1 aromatic heterocycles. The van der Waals surface area contributed by atoms with Crippen molar-refractivity contribution >= 4 is 17.8 Å². The molecule has 0 spiro atoms. The Bertz CT molecular complexity index is 1010. The number of rotatable bonds is 4. The molecule has 0 saturated carbocycles. The van der Waals surface area contributed by atoms with Crippen LogP contribution in [0.5, 0.6) is 0 Å². The topological polar surface area (TPSA) is 92.4 Å². The number of H-pyrrole nitrogens is 1. The molecule has 2 heterocycles. The third kappa shape index (κ3) is 2.89. The van der Waals surface area contributed by atoms with Gasteiger partial charge in [0.05, 0.1) is 11.1 Å². The van der Waals surface area contributed by atoms with Gasteiger partial charge in [0, 0.05) is 11.6 Å². The van der Waals surface area contributed by atoms with Crippen molar-refractivity contribution in [2.75, 3.05) is 0 Å². The molecule has 0 radical (unpaired) electrons. The van der Waals surface area contributed by atoms with Crippen molar-refractivity contribution < 1.29 is 19.2 Å². The molecule has 0 saturated heterocycles. The zero-order chi connectivity index (χ0) is 19.0. The van der Waals surface area contributed by atoms with E-state index in [4.69, 9.17) is 4.84 Å². The smallest absolute Gasteiger partial charge is 0.322 e. The van der Waals surface area contributed by atoms with E-state index in [0.29, 0.717) is 5.06 Å². The number of carbonyl (C=O) groups excluding carboxylic acids is 3. The van der Waals surface area contributed by atoms with Crippen molar-refractivity contribution in [3.8, 4) is 0 Å². The maximum absolute atomic E-state index is 12.4. The van der Waals surface area contributed by atoms with Gasteiger partial charge in [0.2, 0.25) is 0 Å². The number of nitrogens with zero attached hydrogens (tertiary/aromatic N) is 2. The molecule has 4 rings (SSSR count). The molecule has 7 heteroatoms. The summed E-state index contributed by atoms with van der Waals surface area (Å²) in [6, 6.07) is 17.6. The van der Waals surface area contributed by atoms with Crippen molar-refractivity contribution in [3.63, 3.8) is 0 Å². The number of hydroxylamine groups is 2. The van der Waals surface area contributed by atoms with Crippen LogP contribution < -0.4 is 0 Å². The van der Waals surface area contributed by atoms with Crippen LogP contribution in [0.2, 0.25) is 0 Å². The predicted molar refractivity (Wildman–Crippen MR) is 94.9 cm³/mol. The standard InChI is InChI=1S/C20H15N3O4/c1-12(13-7-3-2-4-8-13)16-11-17(22-21-16)20(26)27-23-18(24)14-9-5-6-10-15(14)19(23)25/h2-12H,1H3,(H,21,22). The van der Waals surface area contributed by atoms with Crippen LogP contribution in [0.4, 0.5) is 0 Å². The molecule has 0 aliphatic carbocycles. The summed E-state index contributed by atoms with van der Waals surface area (Å²) in [4.78, 5) is 41.9. The number of nitrogens with one attached hydrogen (secondary N) is 1. The zero-order valence-corrected chi connectivity index (χ0v) is 14.4. The van der Waals surface area contributed by atoms with Gasteiger partial charge in [0.25, 0.3) is 11.8 Å². The van der Waals surface area contributed by atoms with E-state index in [9.17, 15) is 14.4 Å². The second-order valence-electron chi connectivity index (χ2n) is 6.17. The molecule has 134 valence electrons. The van der Waals surface area contributed by atoms with E-state index in [1.54, 1.807) is 18.2 Å². The minimum atomic E-state index is -0.882. The van der Waals surface area contributed by atoms with E-state index < -0.39 is 17.8 Å². The summed E-state index contributed by atoms with van der Waals surface area (Å²) in [5.41, 5.74) is 2.17. The first kappa shape index (κ1) is 16.7. The number of hydrogen-bond donors (Lipinski definition) is 1. The van der Waals surface area contributed by atoms with Crippen molar-refractivity contribution in [1.82, 2.24) is 15.3 Å². The van der Waals surface area contributed by atoms with Gasteiger partial charge in [-0.15, -0.1) is 0 Å². The van der Waals surface area contributed by atoms with Crippen LogP contribution in [0.3, 0.4) is 0 Å². The molecule has 1 aliphatic rings. The minimum absolute atomic E-state index is 0.00987. The quantitative estimate of drug-likeness (QED) is 0.721. The number of aromatic amines is 1. The fourth-order valence-corrected chi connectivity index (χ4v) is 2.96. The van der Waals surface area contributed by atoms with Crippen molar-refractivity contribution in [2.45, 2.75) is 12.8 Å². The summed E-state index contributed by atoms with van der Waals surface area (Å²) in [6.45, 7) is 1.97. The molecular formula is C20H15N3O4. The van der Waals surface area contributed by atoms with Crippen molar-refractivity contribution in [1.29, 1.82) is 0 Å². The Labute approximate surface area is 154 Å². The molecule has 2 aromatic carbocycles. The highest BCUT2D eigenvalue weighted by atomic mass is 16.7. The summed E-state index contributed by atoms with van der Waals surface area (Å²) >= 11 is 0. The molecule has 1 aliphatic heterocycles. The molecule has 0 bridgehead atoms. The lowest BCUT2D eigenvalue weighted by atomic mass is 9.98. The van der Waals surface area contributed by atoms with Crippen LogP contribution in [0.15, 0.2) is 60.7 Å². The van der Waals surface area contributed by atoms with Gasteiger partial charge in [-0.05, 0) is 23.8 Å². The van der Waals surface area contributed by atoms with Crippen LogP contribution in [-0.2, 0) is 4.84 Å².